The Morgan fingerprint density at radius 1 is 1.50 bits per heavy atom. The number of rotatable bonds is 2. The normalized spacial score (nSPS) is 10.1. The average Bonchev–Trinajstić information content (AvgIpc) is 2.64. The van der Waals surface area contributed by atoms with Gasteiger partial charge in [0, 0.05) is 0 Å². The lowest BCUT2D eigenvalue weighted by Gasteiger charge is -2.03. The van der Waals surface area contributed by atoms with Gasteiger partial charge in [-0.2, -0.15) is 15.5 Å². The Labute approximate surface area is 102 Å². The van der Waals surface area contributed by atoms with E-state index in [4.69, 9.17) is 10.4 Å². The monoisotopic (exact) mass is 243 g/mol. The molecule has 0 spiro atoms. The largest absolute Gasteiger partial charge is 0.478 e. The average molecular weight is 243 g/mol. The number of carbonyl (C=O) groups is 1. The molecule has 2 aromatic heterocycles. The lowest BCUT2D eigenvalue weighted by atomic mass is 10.2. The minimum absolute atomic E-state index is 0.115. The fraction of sp³-hybridized carbons (Fsp3) is 0.182. The Morgan fingerprint density at radius 2 is 2.22 bits per heavy atom. The third kappa shape index (κ3) is 1.69. The molecule has 0 unspecified atom stereocenters. The van der Waals surface area contributed by atoms with E-state index < -0.39 is 5.97 Å². The van der Waals surface area contributed by atoms with Gasteiger partial charge in [0.1, 0.15) is 17.2 Å². The van der Waals surface area contributed by atoms with Crippen molar-refractivity contribution in [2.24, 2.45) is 0 Å². The van der Waals surface area contributed by atoms with Gasteiger partial charge in [-0.3, -0.25) is 0 Å². The zero-order valence-electron chi connectivity index (χ0n) is 9.75. The van der Waals surface area contributed by atoms with Gasteiger partial charge in [0.2, 0.25) is 0 Å². The second-order valence-electron chi connectivity index (χ2n) is 3.64. The van der Waals surface area contributed by atoms with Gasteiger partial charge in [0.05, 0.1) is 17.6 Å². The Hall–Kier alpha value is -2.75. The second-order valence-corrected chi connectivity index (χ2v) is 3.64. The zero-order chi connectivity index (χ0) is 13.3. The van der Waals surface area contributed by atoms with E-state index >= 15 is 0 Å². The predicted molar refractivity (Wildman–Crippen MR) is 60.3 cm³/mol. The molecule has 7 heteroatoms. The molecule has 2 heterocycles. The van der Waals surface area contributed by atoms with Gasteiger partial charge in [-0.05, 0) is 19.9 Å². The first-order valence-electron chi connectivity index (χ1n) is 5.08. The fourth-order valence-electron chi connectivity index (χ4n) is 1.73. The highest BCUT2D eigenvalue weighted by atomic mass is 16.4. The Morgan fingerprint density at radius 3 is 2.78 bits per heavy atom. The van der Waals surface area contributed by atoms with Crippen molar-refractivity contribution in [3.8, 4) is 11.9 Å². The highest BCUT2D eigenvalue weighted by molar-refractivity contribution is 5.90. The molecule has 0 aliphatic heterocycles. The van der Waals surface area contributed by atoms with E-state index in [-0.39, 0.29) is 16.9 Å². The molecule has 1 N–H and O–H groups in total. The molecular weight excluding hydrogens is 234 g/mol. The first kappa shape index (κ1) is 11.7. The van der Waals surface area contributed by atoms with Gasteiger partial charge in [-0.1, -0.05) is 0 Å². The Bertz CT molecular complexity index is 669. The molecule has 0 bridgehead atoms. The molecule has 0 aliphatic rings. The summed E-state index contributed by atoms with van der Waals surface area (Å²) in [6.07, 6.45) is 1.39. The lowest BCUT2D eigenvalue weighted by molar-refractivity contribution is 0.0695. The van der Waals surface area contributed by atoms with Crippen LogP contribution in [0.1, 0.15) is 27.3 Å². The summed E-state index contributed by atoms with van der Waals surface area (Å²) in [5.74, 6) is -0.827. The van der Waals surface area contributed by atoms with E-state index in [1.54, 1.807) is 13.8 Å². The third-order valence-electron chi connectivity index (χ3n) is 2.53. The van der Waals surface area contributed by atoms with Crippen LogP contribution in [0.2, 0.25) is 0 Å². The SMILES string of the molecule is Cc1nn(-c2nnccc2C#N)c(C)c1C(=O)O. The van der Waals surface area contributed by atoms with Crippen molar-refractivity contribution in [2.45, 2.75) is 13.8 Å². The molecule has 0 fully saturated rings. The van der Waals surface area contributed by atoms with Gasteiger partial charge in [-0.15, -0.1) is 5.10 Å². The number of aromatic carboxylic acids is 1. The number of aryl methyl sites for hydroxylation is 1. The summed E-state index contributed by atoms with van der Waals surface area (Å²) in [5, 5.41) is 29.7. The first-order valence-corrected chi connectivity index (χ1v) is 5.08. The van der Waals surface area contributed by atoms with Crippen LogP contribution in [0.15, 0.2) is 12.3 Å². The summed E-state index contributed by atoms with van der Waals surface area (Å²) in [5.41, 5.74) is 1.18. The van der Waals surface area contributed by atoms with Gasteiger partial charge < -0.3 is 5.11 Å². The van der Waals surface area contributed by atoms with Crippen molar-refractivity contribution in [1.29, 1.82) is 5.26 Å². The summed E-state index contributed by atoms with van der Waals surface area (Å²) < 4.78 is 1.32. The minimum Gasteiger partial charge on any atom is -0.478 e. The summed E-state index contributed by atoms with van der Waals surface area (Å²) in [6.45, 7) is 3.20. The highest BCUT2D eigenvalue weighted by Gasteiger charge is 2.20. The van der Waals surface area contributed by atoms with Crippen LogP contribution in [0, 0.1) is 25.2 Å². The maximum atomic E-state index is 11.1. The van der Waals surface area contributed by atoms with Gasteiger partial charge in [0.15, 0.2) is 5.82 Å². The topological polar surface area (TPSA) is 105 Å². The van der Waals surface area contributed by atoms with E-state index in [1.807, 2.05) is 6.07 Å². The maximum absolute atomic E-state index is 11.1. The van der Waals surface area contributed by atoms with Crippen LogP contribution in [-0.4, -0.2) is 31.1 Å². The number of nitriles is 1. The van der Waals surface area contributed by atoms with Crippen LogP contribution in [0.4, 0.5) is 0 Å². The summed E-state index contributed by atoms with van der Waals surface area (Å²) in [4.78, 5) is 11.1. The van der Waals surface area contributed by atoms with Crippen molar-refractivity contribution in [1.82, 2.24) is 20.0 Å². The molecule has 18 heavy (non-hydrogen) atoms. The molecule has 0 saturated carbocycles. The van der Waals surface area contributed by atoms with Crippen LogP contribution in [0.25, 0.3) is 5.82 Å². The fourth-order valence-corrected chi connectivity index (χ4v) is 1.73. The molecule has 2 aromatic rings. The summed E-state index contributed by atoms with van der Waals surface area (Å²) >= 11 is 0. The molecule has 0 aliphatic carbocycles. The predicted octanol–water partition coefficient (Wildman–Crippen LogP) is 0.849. The van der Waals surface area contributed by atoms with Crippen LogP contribution in [-0.2, 0) is 0 Å². The van der Waals surface area contributed by atoms with E-state index in [0.29, 0.717) is 11.4 Å². The van der Waals surface area contributed by atoms with E-state index in [9.17, 15) is 4.79 Å². The molecule has 0 saturated heterocycles. The van der Waals surface area contributed by atoms with E-state index in [1.165, 1.54) is 16.9 Å². The van der Waals surface area contributed by atoms with Crippen molar-refractivity contribution < 1.29 is 9.90 Å². The lowest BCUT2D eigenvalue weighted by Crippen LogP contribution is -2.07. The Kier molecular flexibility index (Phi) is 2.77. The van der Waals surface area contributed by atoms with Gasteiger partial charge in [-0.25, -0.2) is 9.48 Å². The third-order valence-corrected chi connectivity index (χ3v) is 2.53. The first-order chi connectivity index (χ1) is 8.56. The highest BCUT2D eigenvalue weighted by Crippen LogP contribution is 2.18. The molecule has 2 rings (SSSR count). The molecule has 0 atom stereocenters. The van der Waals surface area contributed by atoms with Crippen LogP contribution >= 0.6 is 0 Å². The van der Waals surface area contributed by atoms with Crippen LogP contribution in [0.5, 0.6) is 0 Å². The van der Waals surface area contributed by atoms with Crippen molar-refractivity contribution in [3.05, 3.63) is 34.8 Å². The number of carboxylic acids is 1. The maximum Gasteiger partial charge on any atom is 0.339 e. The molecule has 0 amide bonds. The van der Waals surface area contributed by atoms with Crippen molar-refractivity contribution >= 4 is 5.97 Å². The van der Waals surface area contributed by atoms with E-state index in [2.05, 4.69) is 15.3 Å². The summed E-state index contributed by atoms with van der Waals surface area (Å²) in [6, 6.07) is 3.47. The molecule has 0 radical (unpaired) electrons. The molecule has 0 aromatic carbocycles. The zero-order valence-corrected chi connectivity index (χ0v) is 9.75. The molecule has 90 valence electrons. The number of hydrogen-bond donors (Lipinski definition) is 1. The quantitative estimate of drug-likeness (QED) is 0.838. The van der Waals surface area contributed by atoms with Gasteiger partial charge in [0.25, 0.3) is 0 Å². The van der Waals surface area contributed by atoms with Crippen molar-refractivity contribution in [2.75, 3.05) is 0 Å². The van der Waals surface area contributed by atoms with Gasteiger partial charge >= 0.3 is 5.97 Å². The Balaban J connectivity index is 2.70. The number of nitrogens with zero attached hydrogens (tertiary/aromatic N) is 5. The van der Waals surface area contributed by atoms with Crippen LogP contribution in [0.3, 0.4) is 0 Å². The molecule has 7 nitrogen and oxygen atoms in total. The number of carboxylic acid groups (broad SMARTS) is 1. The second kappa shape index (κ2) is 4.25. The smallest absolute Gasteiger partial charge is 0.339 e. The van der Waals surface area contributed by atoms with E-state index in [0.717, 1.165) is 0 Å². The minimum atomic E-state index is -1.06. The number of hydrogen-bond acceptors (Lipinski definition) is 5. The van der Waals surface area contributed by atoms with Crippen LogP contribution < -0.4 is 0 Å². The molecular formula is C11H9N5O2. The summed E-state index contributed by atoms with van der Waals surface area (Å²) in [7, 11) is 0. The van der Waals surface area contributed by atoms with Crippen molar-refractivity contribution in [3.63, 3.8) is 0 Å². The number of aromatic nitrogens is 4. The standard InChI is InChI=1S/C11H9N5O2/c1-6-9(11(17)18)7(2)16(15-6)10-8(5-12)3-4-13-14-10/h3-4H,1-2H3,(H,17,18).